The molecule has 0 saturated carbocycles. The van der Waals surface area contributed by atoms with Gasteiger partial charge in [0, 0.05) is 12.1 Å². The molecule has 9 nitrogen and oxygen atoms in total. The summed E-state index contributed by atoms with van der Waals surface area (Å²) in [5.41, 5.74) is 14.2. The van der Waals surface area contributed by atoms with Crippen LogP contribution in [-0.4, -0.2) is 35.5 Å². The maximum atomic E-state index is 13.7. The highest BCUT2D eigenvalue weighted by molar-refractivity contribution is 6.03. The highest BCUT2D eigenvalue weighted by Crippen LogP contribution is 2.29. The normalized spacial score (nSPS) is 10.2. The Balaban J connectivity index is 0.00000176. The maximum absolute atomic E-state index is 13.7. The highest BCUT2D eigenvalue weighted by Gasteiger charge is 2.22. The van der Waals surface area contributed by atoms with Gasteiger partial charge in [0.25, 0.3) is 11.8 Å². The quantitative estimate of drug-likeness (QED) is 0.364. The number of benzene rings is 3. The number of hydrogen-bond acceptors (Lipinski definition) is 6. The van der Waals surface area contributed by atoms with Crippen LogP contribution in [0.3, 0.4) is 0 Å². The Hall–Kier alpha value is -4.99. The molecule has 184 valence electrons. The van der Waals surface area contributed by atoms with Crippen molar-refractivity contribution in [2.75, 3.05) is 12.8 Å². The lowest BCUT2D eigenvalue weighted by molar-refractivity contribution is -0.0980. The molecule has 0 unspecified atom stereocenters. The molecule has 3 aromatic carbocycles. The molecule has 0 fully saturated rings. The van der Waals surface area contributed by atoms with Crippen LogP contribution in [0, 0.1) is 5.82 Å². The number of nitrogens with one attached hydrogen (secondary N) is 1. The number of nitrogen functional groups attached to an aromatic ring is 1. The first-order valence-electron chi connectivity index (χ1n) is 10.6. The minimum absolute atomic E-state index is 0.0150. The summed E-state index contributed by atoms with van der Waals surface area (Å²) in [6.45, 7) is 2.28. The first-order valence-corrected chi connectivity index (χ1v) is 10.6. The van der Waals surface area contributed by atoms with Crippen molar-refractivity contribution in [2.45, 2.75) is 6.54 Å². The zero-order valence-corrected chi connectivity index (χ0v) is 19.4. The Kier molecular flexibility index (Phi) is 8.14. The Morgan fingerprint density at radius 2 is 1.75 bits per heavy atom. The molecule has 0 aliphatic rings. The molecular formula is C26H24FN5O4. The number of carbonyl (C=O) groups is 3. The van der Waals surface area contributed by atoms with Crippen molar-refractivity contribution in [3.8, 4) is 22.7 Å². The number of halogens is 1. The summed E-state index contributed by atoms with van der Waals surface area (Å²) >= 11 is 0. The smallest absolute Gasteiger partial charge is 0.255 e. The van der Waals surface area contributed by atoms with Crippen LogP contribution in [0.4, 0.5) is 10.2 Å². The summed E-state index contributed by atoms with van der Waals surface area (Å²) in [7, 11) is 1.51. The van der Waals surface area contributed by atoms with Crippen molar-refractivity contribution in [3.05, 3.63) is 95.3 Å². The average Bonchev–Trinajstić information content (AvgIpc) is 3.26. The van der Waals surface area contributed by atoms with Gasteiger partial charge in [-0.15, -0.1) is 0 Å². The van der Waals surface area contributed by atoms with Gasteiger partial charge in [-0.3, -0.25) is 9.59 Å². The molecule has 0 saturated heterocycles. The largest absolute Gasteiger partial charge is 0.496 e. The summed E-state index contributed by atoms with van der Waals surface area (Å²) < 4.78 is 20.2. The molecule has 5 N–H and O–H groups in total. The van der Waals surface area contributed by atoms with Crippen LogP contribution in [0.25, 0.3) is 16.9 Å². The zero-order chi connectivity index (χ0) is 26.2. The van der Waals surface area contributed by atoms with Crippen molar-refractivity contribution in [2.24, 2.45) is 5.73 Å². The van der Waals surface area contributed by atoms with E-state index in [0.29, 0.717) is 22.6 Å². The van der Waals surface area contributed by atoms with Gasteiger partial charge in [-0.2, -0.15) is 5.10 Å². The van der Waals surface area contributed by atoms with Gasteiger partial charge in [0.1, 0.15) is 35.4 Å². The van der Waals surface area contributed by atoms with Gasteiger partial charge < -0.3 is 26.3 Å². The molecule has 0 spiro atoms. The van der Waals surface area contributed by atoms with Crippen molar-refractivity contribution < 1.29 is 23.5 Å². The van der Waals surface area contributed by atoms with Crippen LogP contribution in [0.5, 0.6) is 5.75 Å². The van der Waals surface area contributed by atoms with Crippen molar-refractivity contribution in [3.63, 3.8) is 0 Å². The molecule has 0 atom stereocenters. The lowest BCUT2D eigenvalue weighted by atomic mass is 10.0. The summed E-state index contributed by atoms with van der Waals surface area (Å²) in [5, 5.41) is 7.27. The number of para-hydroxylation sites is 1. The summed E-state index contributed by atoms with van der Waals surface area (Å²) in [4.78, 5) is 32.6. The number of aromatic nitrogens is 2. The van der Waals surface area contributed by atoms with Crippen molar-refractivity contribution in [1.82, 2.24) is 15.1 Å². The SMILES string of the molecule is C=O.COc1ccccc1C(=O)NCc1ccc(-c2nn(-c3cccc(F)c3)c(N)c2C(N)=O)cc1. The molecule has 10 heteroatoms. The number of primary amides is 1. The fourth-order valence-electron chi connectivity index (χ4n) is 3.57. The number of methoxy groups -OCH3 is 1. The number of nitrogens with two attached hydrogens (primary N) is 2. The Labute approximate surface area is 206 Å². The second kappa shape index (κ2) is 11.4. The minimum Gasteiger partial charge on any atom is -0.496 e. The van der Waals surface area contributed by atoms with Crippen LogP contribution in [-0.2, 0) is 11.3 Å². The molecule has 36 heavy (non-hydrogen) atoms. The van der Waals surface area contributed by atoms with Gasteiger partial charge in [0.2, 0.25) is 0 Å². The number of hydrogen-bond donors (Lipinski definition) is 3. The van der Waals surface area contributed by atoms with Crippen LogP contribution in [0.2, 0.25) is 0 Å². The van der Waals surface area contributed by atoms with Gasteiger partial charge in [0.15, 0.2) is 0 Å². The molecule has 0 radical (unpaired) electrons. The molecule has 0 aliphatic heterocycles. The molecule has 1 aromatic heterocycles. The van der Waals surface area contributed by atoms with Crippen molar-refractivity contribution >= 4 is 24.4 Å². The lowest BCUT2D eigenvalue weighted by Crippen LogP contribution is -2.23. The lowest BCUT2D eigenvalue weighted by Gasteiger charge is -2.09. The van der Waals surface area contributed by atoms with E-state index < -0.39 is 11.7 Å². The van der Waals surface area contributed by atoms with Gasteiger partial charge in [0.05, 0.1) is 18.4 Å². The summed E-state index contributed by atoms with van der Waals surface area (Å²) in [6.07, 6.45) is 0. The van der Waals surface area contributed by atoms with E-state index in [2.05, 4.69) is 10.4 Å². The number of nitrogens with zero attached hydrogens (tertiary/aromatic N) is 2. The standard InChI is InChI=1S/C25H22FN5O3.CH2O/c1-34-20-8-3-2-7-19(20)25(33)29-14-15-9-11-16(12-10-15)22-21(24(28)32)23(27)31(30-22)18-6-4-5-17(26)13-18;1-2/h2-13H,14,27H2,1H3,(H2,28,32)(H,29,33);1H2. The fourth-order valence-corrected chi connectivity index (χ4v) is 3.57. The molecule has 4 aromatic rings. The van der Waals surface area contributed by atoms with Gasteiger partial charge in [-0.05, 0) is 35.9 Å². The number of amides is 2. The van der Waals surface area contributed by atoms with E-state index in [1.54, 1.807) is 54.6 Å². The molecule has 1 heterocycles. The molecule has 4 rings (SSSR count). The summed E-state index contributed by atoms with van der Waals surface area (Å²) in [6, 6.07) is 19.7. The monoisotopic (exact) mass is 489 g/mol. The first kappa shape index (κ1) is 25.6. The third-order valence-electron chi connectivity index (χ3n) is 5.25. The van der Waals surface area contributed by atoms with E-state index >= 15 is 0 Å². The second-order valence-electron chi connectivity index (χ2n) is 7.44. The highest BCUT2D eigenvalue weighted by atomic mass is 19.1. The van der Waals surface area contributed by atoms with E-state index in [0.717, 1.165) is 5.56 Å². The van der Waals surface area contributed by atoms with Crippen LogP contribution >= 0.6 is 0 Å². The average molecular weight is 490 g/mol. The van der Waals surface area contributed by atoms with Gasteiger partial charge in [-0.25, -0.2) is 9.07 Å². The maximum Gasteiger partial charge on any atom is 0.255 e. The van der Waals surface area contributed by atoms with Crippen molar-refractivity contribution in [1.29, 1.82) is 0 Å². The number of ether oxygens (including phenoxy) is 1. The van der Waals surface area contributed by atoms with Crippen LogP contribution < -0.4 is 21.5 Å². The van der Waals surface area contributed by atoms with E-state index in [9.17, 15) is 14.0 Å². The molecule has 2 amide bonds. The second-order valence-corrected chi connectivity index (χ2v) is 7.44. The minimum atomic E-state index is -0.747. The summed E-state index contributed by atoms with van der Waals surface area (Å²) in [5.74, 6) is -0.974. The number of anilines is 1. The van der Waals surface area contributed by atoms with E-state index in [-0.39, 0.29) is 29.5 Å². The van der Waals surface area contributed by atoms with Gasteiger partial charge >= 0.3 is 0 Å². The van der Waals surface area contributed by atoms with Gasteiger partial charge in [-0.1, -0.05) is 42.5 Å². The molecule has 0 aliphatic carbocycles. The number of carbonyl (C=O) groups excluding carboxylic acids is 3. The van der Waals surface area contributed by atoms with E-state index in [1.165, 1.54) is 30.0 Å². The predicted molar refractivity (Wildman–Crippen MR) is 133 cm³/mol. The Bertz CT molecular complexity index is 1390. The Morgan fingerprint density at radius 1 is 1.06 bits per heavy atom. The predicted octanol–water partition coefficient (Wildman–Crippen LogP) is 3.11. The third kappa shape index (κ3) is 5.39. The fraction of sp³-hybridized carbons (Fsp3) is 0.0769. The third-order valence-corrected chi connectivity index (χ3v) is 5.25. The van der Waals surface area contributed by atoms with E-state index in [4.69, 9.17) is 21.0 Å². The number of rotatable bonds is 7. The topological polar surface area (TPSA) is 142 Å². The molecular weight excluding hydrogens is 465 g/mol. The zero-order valence-electron chi connectivity index (χ0n) is 19.4. The van der Waals surface area contributed by atoms with Crippen LogP contribution in [0.15, 0.2) is 72.8 Å². The Morgan fingerprint density at radius 3 is 2.39 bits per heavy atom. The first-order chi connectivity index (χ1) is 17.4. The molecule has 0 bridgehead atoms. The van der Waals surface area contributed by atoms with Crippen LogP contribution in [0.1, 0.15) is 26.3 Å². The van der Waals surface area contributed by atoms with E-state index in [1.807, 2.05) is 6.79 Å².